The van der Waals surface area contributed by atoms with Gasteiger partial charge in [0.15, 0.2) is 5.78 Å². The zero-order valence-corrected chi connectivity index (χ0v) is 12.3. The molecular formula is C18H19NO2. The Hall–Kier alpha value is -2.42. The van der Waals surface area contributed by atoms with Crippen molar-refractivity contribution in [2.24, 2.45) is 0 Å². The van der Waals surface area contributed by atoms with Crippen LogP contribution in [0, 0.1) is 0 Å². The highest BCUT2D eigenvalue weighted by molar-refractivity contribution is 6.00. The smallest absolute Gasteiger partial charge is 0.230 e. The standard InChI is InChI=1S/C18H19NO2/c1-18(2,15-11-7-4-8-12-15)17(21)19-13-16(20)14-9-5-3-6-10-14/h3-12H,13H2,1-2H3,(H,19,21). The van der Waals surface area contributed by atoms with E-state index in [0.717, 1.165) is 5.56 Å². The Morgan fingerprint density at radius 3 is 2.00 bits per heavy atom. The first kappa shape index (κ1) is 15.0. The maximum atomic E-state index is 12.3. The molecule has 1 N–H and O–H groups in total. The second kappa shape index (κ2) is 6.35. The van der Waals surface area contributed by atoms with Gasteiger partial charge in [-0.2, -0.15) is 0 Å². The molecule has 3 heteroatoms. The predicted octanol–water partition coefficient (Wildman–Crippen LogP) is 2.96. The van der Waals surface area contributed by atoms with Crippen LogP contribution in [-0.4, -0.2) is 18.2 Å². The molecule has 0 spiro atoms. The summed E-state index contributed by atoms with van der Waals surface area (Å²) in [7, 11) is 0. The highest BCUT2D eigenvalue weighted by Gasteiger charge is 2.29. The molecule has 108 valence electrons. The first-order valence-electron chi connectivity index (χ1n) is 6.94. The molecule has 0 aromatic heterocycles. The molecule has 0 atom stereocenters. The highest BCUT2D eigenvalue weighted by Crippen LogP contribution is 2.22. The van der Waals surface area contributed by atoms with Crippen molar-refractivity contribution >= 4 is 11.7 Å². The third kappa shape index (κ3) is 3.57. The molecule has 0 bridgehead atoms. The Morgan fingerprint density at radius 2 is 1.43 bits per heavy atom. The van der Waals surface area contributed by atoms with Crippen LogP contribution in [0.15, 0.2) is 60.7 Å². The van der Waals surface area contributed by atoms with Crippen molar-refractivity contribution in [2.45, 2.75) is 19.3 Å². The van der Waals surface area contributed by atoms with Gasteiger partial charge >= 0.3 is 0 Å². The van der Waals surface area contributed by atoms with Crippen molar-refractivity contribution in [3.63, 3.8) is 0 Å². The third-order valence-electron chi connectivity index (χ3n) is 3.57. The number of carbonyl (C=O) groups excluding carboxylic acids is 2. The topological polar surface area (TPSA) is 46.2 Å². The van der Waals surface area contributed by atoms with Gasteiger partial charge in [0.05, 0.1) is 12.0 Å². The van der Waals surface area contributed by atoms with E-state index in [1.165, 1.54) is 0 Å². The minimum atomic E-state index is -0.668. The molecule has 1 amide bonds. The van der Waals surface area contributed by atoms with E-state index in [0.29, 0.717) is 5.56 Å². The summed E-state index contributed by atoms with van der Waals surface area (Å²) in [5.74, 6) is -0.245. The van der Waals surface area contributed by atoms with E-state index in [1.54, 1.807) is 12.1 Å². The zero-order chi connectivity index (χ0) is 15.3. The number of amides is 1. The number of rotatable bonds is 5. The molecule has 0 aliphatic rings. The van der Waals surface area contributed by atoms with Crippen molar-refractivity contribution in [2.75, 3.05) is 6.54 Å². The summed E-state index contributed by atoms with van der Waals surface area (Å²) in [6.45, 7) is 3.72. The zero-order valence-electron chi connectivity index (χ0n) is 12.3. The number of benzene rings is 2. The molecule has 0 fully saturated rings. The average Bonchev–Trinajstić information content (AvgIpc) is 2.53. The summed E-state index contributed by atoms with van der Waals surface area (Å²) >= 11 is 0. The number of hydrogen-bond donors (Lipinski definition) is 1. The molecule has 0 heterocycles. The summed E-state index contributed by atoms with van der Waals surface area (Å²) < 4.78 is 0. The molecule has 2 aromatic carbocycles. The molecule has 0 aliphatic carbocycles. The Balaban J connectivity index is 2.00. The minimum Gasteiger partial charge on any atom is -0.348 e. The molecule has 21 heavy (non-hydrogen) atoms. The number of ketones is 1. The van der Waals surface area contributed by atoms with Gasteiger partial charge in [-0.05, 0) is 19.4 Å². The van der Waals surface area contributed by atoms with Gasteiger partial charge in [-0.3, -0.25) is 9.59 Å². The fourth-order valence-corrected chi connectivity index (χ4v) is 2.09. The largest absolute Gasteiger partial charge is 0.348 e. The average molecular weight is 281 g/mol. The molecule has 3 nitrogen and oxygen atoms in total. The Labute approximate surface area is 125 Å². The molecule has 0 saturated heterocycles. The first-order valence-corrected chi connectivity index (χ1v) is 6.94. The highest BCUT2D eigenvalue weighted by atomic mass is 16.2. The van der Waals surface area contributed by atoms with Crippen LogP contribution in [0.4, 0.5) is 0 Å². The van der Waals surface area contributed by atoms with Gasteiger partial charge in [0.1, 0.15) is 0 Å². The number of carbonyl (C=O) groups is 2. The van der Waals surface area contributed by atoms with Crippen LogP contribution < -0.4 is 5.32 Å². The SMILES string of the molecule is CC(C)(C(=O)NCC(=O)c1ccccc1)c1ccccc1. The van der Waals surface area contributed by atoms with E-state index in [4.69, 9.17) is 0 Å². The van der Waals surface area contributed by atoms with Crippen molar-refractivity contribution in [1.82, 2.24) is 5.32 Å². The van der Waals surface area contributed by atoms with E-state index in [1.807, 2.05) is 62.4 Å². The summed E-state index contributed by atoms with van der Waals surface area (Å²) in [4.78, 5) is 24.3. The van der Waals surface area contributed by atoms with Crippen molar-refractivity contribution in [3.8, 4) is 0 Å². The van der Waals surface area contributed by atoms with Crippen molar-refractivity contribution in [3.05, 3.63) is 71.8 Å². The lowest BCUT2D eigenvalue weighted by Gasteiger charge is -2.24. The molecule has 2 rings (SSSR count). The summed E-state index contributed by atoms with van der Waals surface area (Å²) in [5, 5.41) is 2.73. The van der Waals surface area contributed by atoms with Crippen LogP contribution in [-0.2, 0) is 10.2 Å². The summed E-state index contributed by atoms with van der Waals surface area (Å²) in [6, 6.07) is 18.5. The van der Waals surface area contributed by atoms with Gasteiger partial charge in [-0.15, -0.1) is 0 Å². The summed E-state index contributed by atoms with van der Waals surface area (Å²) in [5.41, 5.74) is 0.864. The predicted molar refractivity (Wildman–Crippen MR) is 83.3 cm³/mol. The van der Waals surface area contributed by atoms with Gasteiger partial charge in [-0.1, -0.05) is 60.7 Å². The van der Waals surface area contributed by atoms with E-state index < -0.39 is 5.41 Å². The van der Waals surface area contributed by atoms with Gasteiger partial charge in [0, 0.05) is 5.56 Å². The van der Waals surface area contributed by atoms with Crippen molar-refractivity contribution < 1.29 is 9.59 Å². The van der Waals surface area contributed by atoms with Gasteiger partial charge < -0.3 is 5.32 Å². The lowest BCUT2D eigenvalue weighted by molar-refractivity contribution is -0.125. The second-order valence-corrected chi connectivity index (χ2v) is 5.46. The van der Waals surface area contributed by atoms with Crippen LogP contribution in [0.1, 0.15) is 29.8 Å². The van der Waals surface area contributed by atoms with Crippen molar-refractivity contribution in [1.29, 1.82) is 0 Å². The van der Waals surface area contributed by atoms with E-state index >= 15 is 0 Å². The van der Waals surface area contributed by atoms with Crippen LogP contribution in [0.2, 0.25) is 0 Å². The third-order valence-corrected chi connectivity index (χ3v) is 3.57. The first-order chi connectivity index (χ1) is 10.0. The van der Waals surface area contributed by atoms with E-state index in [9.17, 15) is 9.59 Å². The monoisotopic (exact) mass is 281 g/mol. The molecular weight excluding hydrogens is 262 g/mol. The lowest BCUT2D eigenvalue weighted by atomic mass is 9.84. The Kier molecular flexibility index (Phi) is 4.53. The van der Waals surface area contributed by atoms with E-state index in [2.05, 4.69) is 5.32 Å². The molecule has 0 unspecified atom stereocenters. The molecule has 0 radical (unpaired) electrons. The van der Waals surface area contributed by atoms with Crippen LogP contribution in [0.3, 0.4) is 0 Å². The van der Waals surface area contributed by atoms with Gasteiger partial charge in [0.2, 0.25) is 5.91 Å². The maximum Gasteiger partial charge on any atom is 0.230 e. The van der Waals surface area contributed by atoms with Crippen LogP contribution in [0.5, 0.6) is 0 Å². The second-order valence-electron chi connectivity index (χ2n) is 5.46. The van der Waals surface area contributed by atoms with E-state index in [-0.39, 0.29) is 18.2 Å². The molecule has 2 aromatic rings. The number of hydrogen-bond acceptors (Lipinski definition) is 2. The molecule has 0 saturated carbocycles. The number of Topliss-reactive ketones (excluding diaryl/α,β-unsaturated/α-hetero) is 1. The minimum absolute atomic E-state index is 0.0130. The van der Waals surface area contributed by atoms with Gasteiger partial charge in [-0.25, -0.2) is 0 Å². The van der Waals surface area contributed by atoms with Gasteiger partial charge in [0.25, 0.3) is 0 Å². The fourth-order valence-electron chi connectivity index (χ4n) is 2.09. The van der Waals surface area contributed by atoms with Crippen LogP contribution in [0.25, 0.3) is 0 Å². The summed E-state index contributed by atoms with van der Waals surface area (Å²) in [6.07, 6.45) is 0. The maximum absolute atomic E-state index is 12.3. The lowest BCUT2D eigenvalue weighted by Crippen LogP contribution is -2.42. The fraction of sp³-hybridized carbons (Fsp3) is 0.222. The number of nitrogens with one attached hydrogen (secondary N) is 1. The molecule has 0 aliphatic heterocycles. The van der Waals surface area contributed by atoms with Crippen LogP contribution >= 0.6 is 0 Å². The normalized spacial score (nSPS) is 11.0. The Morgan fingerprint density at radius 1 is 0.905 bits per heavy atom. The Bertz CT molecular complexity index is 618. The quantitative estimate of drug-likeness (QED) is 0.856.